The minimum absolute atomic E-state index is 0.743. The first-order chi connectivity index (χ1) is 8.29. The Kier molecular flexibility index (Phi) is 4.36. The third-order valence-electron chi connectivity index (χ3n) is 2.13. The molecule has 2 aromatic rings. The summed E-state index contributed by atoms with van der Waals surface area (Å²) in [5, 5.41) is 4.61. The molecule has 1 heterocycles. The molecule has 3 nitrogen and oxygen atoms in total. The van der Waals surface area contributed by atoms with E-state index in [1.165, 1.54) is 0 Å². The van der Waals surface area contributed by atoms with Crippen LogP contribution in [0.1, 0.15) is 5.56 Å². The van der Waals surface area contributed by atoms with Crippen LogP contribution < -0.4 is 5.32 Å². The molecule has 17 heavy (non-hydrogen) atoms. The lowest BCUT2D eigenvalue weighted by Gasteiger charge is -2.08. The number of halogens is 1. The van der Waals surface area contributed by atoms with Crippen molar-refractivity contribution in [3.05, 3.63) is 47.2 Å². The molecule has 0 radical (unpaired) electrons. The number of benzene rings is 1. The highest BCUT2D eigenvalue weighted by atomic mass is 35.5. The van der Waals surface area contributed by atoms with Crippen LogP contribution in [-0.4, -0.2) is 17.0 Å². The minimum atomic E-state index is 0.743. The van der Waals surface area contributed by atoms with Crippen LogP contribution in [0.25, 0.3) is 0 Å². The van der Waals surface area contributed by atoms with Crippen molar-refractivity contribution < 1.29 is 0 Å². The van der Waals surface area contributed by atoms with Gasteiger partial charge in [0.25, 0.3) is 0 Å². The molecule has 88 valence electrons. The van der Waals surface area contributed by atoms with Gasteiger partial charge in [0.1, 0.15) is 0 Å². The third-order valence-corrected chi connectivity index (χ3v) is 3.38. The molecule has 1 N–H and O–H groups in total. The summed E-state index contributed by atoms with van der Waals surface area (Å²) < 4.78 is 0. The van der Waals surface area contributed by atoms with Gasteiger partial charge in [-0.3, -0.25) is 0 Å². The maximum absolute atomic E-state index is 5.99. The molecule has 0 spiro atoms. The van der Waals surface area contributed by atoms with Crippen molar-refractivity contribution in [3.8, 4) is 0 Å². The Hall–Kier alpha value is -1.10. The highest BCUT2D eigenvalue weighted by Crippen LogP contribution is 2.29. The molecule has 0 atom stereocenters. The van der Waals surface area contributed by atoms with Gasteiger partial charge in [-0.2, -0.15) is 0 Å². The van der Waals surface area contributed by atoms with Gasteiger partial charge in [-0.05, 0) is 48.6 Å². The van der Waals surface area contributed by atoms with E-state index in [4.69, 9.17) is 11.6 Å². The summed E-state index contributed by atoms with van der Waals surface area (Å²) in [5.74, 6) is 0. The van der Waals surface area contributed by atoms with Crippen molar-refractivity contribution >= 4 is 23.4 Å². The maximum Gasteiger partial charge on any atom is 0.192 e. The van der Waals surface area contributed by atoms with Gasteiger partial charge in [0.05, 0.1) is 0 Å². The van der Waals surface area contributed by atoms with Gasteiger partial charge in [0.15, 0.2) is 5.16 Å². The Labute approximate surface area is 110 Å². The zero-order valence-corrected chi connectivity index (χ0v) is 10.9. The molecule has 0 amide bonds. The van der Waals surface area contributed by atoms with Crippen molar-refractivity contribution in [1.29, 1.82) is 0 Å². The standard InChI is InChI=1S/C12H12ClN3S/c1-14-8-9-7-10(13)3-4-11(9)17-12-15-5-2-6-16-12/h2-7,14H,8H2,1H3. The van der Waals surface area contributed by atoms with Gasteiger partial charge in [-0.25, -0.2) is 9.97 Å². The number of rotatable bonds is 4. The van der Waals surface area contributed by atoms with Crippen LogP contribution in [0.15, 0.2) is 46.7 Å². The van der Waals surface area contributed by atoms with E-state index in [-0.39, 0.29) is 0 Å². The minimum Gasteiger partial charge on any atom is -0.316 e. The first-order valence-electron chi connectivity index (χ1n) is 5.17. The van der Waals surface area contributed by atoms with Crippen molar-refractivity contribution in [2.24, 2.45) is 0 Å². The van der Waals surface area contributed by atoms with E-state index in [0.717, 1.165) is 27.2 Å². The Bertz CT molecular complexity index is 490. The lowest BCUT2D eigenvalue weighted by Crippen LogP contribution is -2.06. The van der Waals surface area contributed by atoms with Crippen molar-refractivity contribution in [1.82, 2.24) is 15.3 Å². The average molecular weight is 266 g/mol. The molecule has 1 aromatic carbocycles. The molecular weight excluding hydrogens is 254 g/mol. The molecule has 0 saturated heterocycles. The molecule has 0 unspecified atom stereocenters. The van der Waals surface area contributed by atoms with E-state index in [0.29, 0.717) is 0 Å². The van der Waals surface area contributed by atoms with Crippen molar-refractivity contribution in [3.63, 3.8) is 0 Å². The molecule has 0 aliphatic carbocycles. The Morgan fingerprint density at radius 1 is 1.29 bits per heavy atom. The zero-order valence-electron chi connectivity index (χ0n) is 9.35. The Morgan fingerprint density at radius 3 is 2.76 bits per heavy atom. The topological polar surface area (TPSA) is 37.8 Å². The van der Waals surface area contributed by atoms with Crippen LogP contribution >= 0.6 is 23.4 Å². The van der Waals surface area contributed by atoms with E-state index in [1.807, 2.05) is 25.2 Å². The SMILES string of the molecule is CNCc1cc(Cl)ccc1Sc1ncccn1. The van der Waals surface area contributed by atoms with Gasteiger partial charge in [-0.15, -0.1) is 0 Å². The first kappa shape index (κ1) is 12.4. The van der Waals surface area contributed by atoms with Crippen molar-refractivity contribution in [2.45, 2.75) is 16.6 Å². The zero-order chi connectivity index (χ0) is 12.1. The number of aromatic nitrogens is 2. The van der Waals surface area contributed by atoms with E-state index in [1.54, 1.807) is 30.2 Å². The van der Waals surface area contributed by atoms with Gasteiger partial charge in [0, 0.05) is 28.9 Å². The molecule has 1 aromatic heterocycles. The van der Waals surface area contributed by atoms with E-state index in [9.17, 15) is 0 Å². The summed E-state index contributed by atoms with van der Waals surface area (Å²) in [6.07, 6.45) is 3.48. The van der Waals surface area contributed by atoms with Crippen molar-refractivity contribution in [2.75, 3.05) is 7.05 Å². The predicted molar refractivity (Wildman–Crippen MR) is 70.4 cm³/mol. The van der Waals surface area contributed by atoms with Gasteiger partial charge in [0.2, 0.25) is 0 Å². The molecule has 5 heteroatoms. The normalized spacial score (nSPS) is 10.5. The number of hydrogen-bond acceptors (Lipinski definition) is 4. The van der Waals surface area contributed by atoms with Gasteiger partial charge < -0.3 is 5.32 Å². The fourth-order valence-electron chi connectivity index (χ4n) is 1.41. The first-order valence-corrected chi connectivity index (χ1v) is 6.37. The second kappa shape index (κ2) is 6.00. The van der Waals surface area contributed by atoms with Crippen LogP contribution in [0, 0.1) is 0 Å². The van der Waals surface area contributed by atoms with Crippen LogP contribution in [0.4, 0.5) is 0 Å². The maximum atomic E-state index is 5.99. The molecule has 0 saturated carbocycles. The largest absolute Gasteiger partial charge is 0.316 e. The molecule has 2 rings (SSSR count). The molecule has 0 aliphatic heterocycles. The fourth-order valence-corrected chi connectivity index (χ4v) is 2.43. The highest BCUT2D eigenvalue weighted by molar-refractivity contribution is 7.99. The summed E-state index contributed by atoms with van der Waals surface area (Å²) in [5.41, 5.74) is 1.15. The van der Waals surface area contributed by atoms with E-state index >= 15 is 0 Å². The smallest absolute Gasteiger partial charge is 0.192 e. The lowest BCUT2D eigenvalue weighted by molar-refractivity contribution is 0.802. The molecular formula is C12H12ClN3S. The van der Waals surface area contributed by atoms with Crippen LogP contribution in [0.3, 0.4) is 0 Å². The molecule has 0 aliphatic rings. The average Bonchev–Trinajstić information content (AvgIpc) is 2.34. The lowest BCUT2D eigenvalue weighted by atomic mass is 10.2. The quantitative estimate of drug-likeness (QED) is 0.863. The van der Waals surface area contributed by atoms with E-state index < -0.39 is 0 Å². The monoisotopic (exact) mass is 265 g/mol. The summed E-state index contributed by atoms with van der Waals surface area (Å²) in [7, 11) is 1.91. The second-order valence-electron chi connectivity index (χ2n) is 3.42. The van der Waals surface area contributed by atoms with Gasteiger partial charge in [-0.1, -0.05) is 11.6 Å². The number of nitrogens with zero attached hydrogens (tertiary/aromatic N) is 2. The molecule has 0 fully saturated rings. The highest BCUT2D eigenvalue weighted by Gasteiger charge is 2.06. The van der Waals surface area contributed by atoms with Gasteiger partial charge >= 0.3 is 0 Å². The third kappa shape index (κ3) is 3.43. The Morgan fingerprint density at radius 2 is 2.06 bits per heavy atom. The number of hydrogen-bond donors (Lipinski definition) is 1. The number of nitrogens with one attached hydrogen (secondary N) is 1. The summed E-state index contributed by atoms with van der Waals surface area (Å²) in [4.78, 5) is 9.51. The predicted octanol–water partition coefficient (Wildman–Crippen LogP) is 3.00. The van der Waals surface area contributed by atoms with Crippen LogP contribution in [-0.2, 0) is 6.54 Å². The fraction of sp³-hybridized carbons (Fsp3) is 0.167. The Balaban J connectivity index is 2.26. The summed E-state index contributed by atoms with van der Waals surface area (Å²) in [6.45, 7) is 0.774. The molecule has 0 bridgehead atoms. The van der Waals surface area contributed by atoms with Crippen LogP contribution in [0.2, 0.25) is 5.02 Å². The second-order valence-corrected chi connectivity index (χ2v) is 4.86. The summed E-state index contributed by atoms with van der Waals surface area (Å²) in [6, 6.07) is 7.64. The summed E-state index contributed by atoms with van der Waals surface area (Å²) >= 11 is 7.53. The van der Waals surface area contributed by atoms with Crippen LogP contribution in [0.5, 0.6) is 0 Å². The van der Waals surface area contributed by atoms with E-state index in [2.05, 4.69) is 15.3 Å².